The Kier molecular flexibility index (Phi) is 8.54. The quantitative estimate of drug-likeness (QED) is 0.810. The van der Waals surface area contributed by atoms with Crippen molar-refractivity contribution < 1.29 is 4.79 Å². The summed E-state index contributed by atoms with van der Waals surface area (Å²) in [6.07, 6.45) is 2.31. The SMILES string of the molecule is CC.CCC(C)C(=O)NCC#Cc1cn(C)c(=O)nc1N. The van der Waals surface area contributed by atoms with Gasteiger partial charge in [0.15, 0.2) is 0 Å². The van der Waals surface area contributed by atoms with E-state index in [2.05, 4.69) is 22.1 Å². The molecule has 0 aliphatic rings. The molecule has 1 aromatic rings. The third kappa shape index (κ3) is 6.13. The van der Waals surface area contributed by atoms with Crippen molar-refractivity contribution in [3.8, 4) is 11.8 Å². The fraction of sp³-hybridized carbons (Fsp3) is 0.533. The number of aryl methyl sites for hydroxylation is 1. The van der Waals surface area contributed by atoms with Gasteiger partial charge in [-0.15, -0.1) is 0 Å². The summed E-state index contributed by atoms with van der Waals surface area (Å²) in [6, 6.07) is 0. The van der Waals surface area contributed by atoms with Crippen molar-refractivity contribution >= 4 is 11.7 Å². The van der Waals surface area contributed by atoms with E-state index in [0.717, 1.165) is 6.42 Å². The standard InChI is InChI=1S/C13H18N4O2.C2H6/c1-4-9(2)12(18)15-7-5-6-10-8-17(3)13(19)16-11(10)14;1-2/h8-9H,4,7H2,1-3H3,(H,15,18)(H2,14,16,19);1-2H3. The number of hydrogen-bond donors (Lipinski definition) is 2. The van der Waals surface area contributed by atoms with Crippen LogP contribution in [-0.4, -0.2) is 22.0 Å². The van der Waals surface area contributed by atoms with Crippen LogP contribution in [0, 0.1) is 17.8 Å². The summed E-state index contributed by atoms with van der Waals surface area (Å²) in [5.74, 6) is 5.62. The smallest absolute Gasteiger partial charge is 0.349 e. The van der Waals surface area contributed by atoms with E-state index in [-0.39, 0.29) is 24.2 Å². The molecular weight excluding hydrogens is 268 g/mol. The summed E-state index contributed by atoms with van der Waals surface area (Å²) in [7, 11) is 1.57. The van der Waals surface area contributed by atoms with Crippen LogP contribution in [0.5, 0.6) is 0 Å². The van der Waals surface area contributed by atoms with Gasteiger partial charge in [0.25, 0.3) is 0 Å². The third-order valence-corrected chi connectivity index (χ3v) is 2.75. The molecule has 0 saturated heterocycles. The van der Waals surface area contributed by atoms with Crippen LogP contribution >= 0.6 is 0 Å². The maximum atomic E-state index is 11.5. The second-order valence-corrected chi connectivity index (χ2v) is 4.26. The predicted molar refractivity (Wildman–Crippen MR) is 84.6 cm³/mol. The van der Waals surface area contributed by atoms with Gasteiger partial charge in [-0.05, 0) is 6.42 Å². The van der Waals surface area contributed by atoms with Crippen molar-refractivity contribution in [3.63, 3.8) is 0 Å². The molecule has 0 aliphatic heterocycles. The van der Waals surface area contributed by atoms with E-state index in [4.69, 9.17) is 5.73 Å². The first-order chi connectivity index (χ1) is 9.95. The average Bonchev–Trinajstić information content (AvgIpc) is 2.49. The summed E-state index contributed by atoms with van der Waals surface area (Å²) in [4.78, 5) is 26.3. The van der Waals surface area contributed by atoms with Crippen LogP contribution < -0.4 is 16.7 Å². The summed E-state index contributed by atoms with van der Waals surface area (Å²) >= 11 is 0. The fourth-order valence-corrected chi connectivity index (χ4v) is 1.28. The van der Waals surface area contributed by atoms with Gasteiger partial charge >= 0.3 is 5.69 Å². The molecule has 3 N–H and O–H groups in total. The van der Waals surface area contributed by atoms with Crippen LogP contribution in [-0.2, 0) is 11.8 Å². The Balaban J connectivity index is 0.00000191. The number of anilines is 1. The largest absolute Gasteiger partial charge is 0.382 e. The van der Waals surface area contributed by atoms with Crippen LogP contribution in [0.15, 0.2) is 11.0 Å². The Morgan fingerprint density at radius 3 is 2.71 bits per heavy atom. The highest BCUT2D eigenvalue weighted by Crippen LogP contribution is 2.01. The molecule has 116 valence electrons. The zero-order valence-electron chi connectivity index (χ0n) is 13.4. The van der Waals surface area contributed by atoms with Crippen LogP contribution in [0.4, 0.5) is 5.82 Å². The molecule has 0 fully saturated rings. The highest BCUT2D eigenvalue weighted by molar-refractivity contribution is 5.78. The topological polar surface area (TPSA) is 90.0 Å². The van der Waals surface area contributed by atoms with Crippen molar-refractivity contribution in [1.82, 2.24) is 14.9 Å². The minimum atomic E-state index is -0.423. The third-order valence-electron chi connectivity index (χ3n) is 2.75. The van der Waals surface area contributed by atoms with Gasteiger partial charge in [0, 0.05) is 19.2 Å². The highest BCUT2D eigenvalue weighted by Gasteiger charge is 2.08. The molecule has 0 aliphatic carbocycles. The Bertz CT molecular complexity index is 582. The number of amides is 1. The molecule has 0 aromatic carbocycles. The van der Waals surface area contributed by atoms with Gasteiger partial charge in [0.1, 0.15) is 5.82 Å². The molecule has 6 nitrogen and oxygen atoms in total. The monoisotopic (exact) mass is 292 g/mol. The van der Waals surface area contributed by atoms with E-state index in [0.29, 0.717) is 5.56 Å². The predicted octanol–water partition coefficient (Wildman–Crippen LogP) is 0.903. The summed E-state index contributed by atoms with van der Waals surface area (Å²) in [5, 5.41) is 2.71. The normalized spacial score (nSPS) is 10.5. The van der Waals surface area contributed by atoms with Gasteiger partial charge in [0.05, 0.1) is 12.1 Å². The summed E-state index contributed by atoms with van der Waals surface area (Å²) in [6.45, 7) is 8.05. The van der Waals surface area contributed by atoms with Crippen molar-refractivity contribution in [2.24, 2.45) is 13.0 Å². The molecule has 0 bridgehead atoms. The van der Waals surface area contributed by atoms with Gasteiger partial charge in [-0.2, -0.15) is 4.98 Å². The molecule has 1 heterocycles. The van der Waals surface area contributed by atoms with Crippen molar-refractivity contribution in [1.29, 1.82) is 0 Å². The van der Waals surface area contributed by atoms with E-state index < -0.39 is 5.69 Å². The fourth-order valence-electron chi connectivity index (χ4n) is 1.28. The molecular formula is C15H24N4O2. The van der Waals surface area contributed by atoms with E-state index in [1.807, 2.05) is 27.7 Å². The second kappa shape index (κ2) is 9.59. The lowest BCUT2D eigenvalue weighted by Gasteiger charge is -2.06. The lowest BCUT2D eigenvalue weighted by molar-refractivity contribution is -0.124. The maximum absolute atomic E-state index is 11.5. The molecule has 6 heteroatoms. The zero-order chi connectivity index (χ0) is 16.4. The number of nitrogens with two attached hydrogens (primary N) is 1. The van der Waals surface area contributed by atoms with Gasteiger partial charge in [0.2, 0.25) is 5.91 Å². The number of carbonyl (C=O) groups excluding carboxylic acids is 1. The minimum absolute atomic E-state index is 0.0221. The molecule has 1 rings (SSSR count). The molecule has 0 saturated carbocycles. The first-order valence-electron chi connectivity index (χ1n) is 7.05. The number of rotatable bonds is 3. The molecule has 1 amide bonds. The van der Waals surface area contributed by atoms with Gasteiger partial charge in [-0.1, -0.05) is 39.5 Å². The summed E-state index contributed by atoms with van der Waals surface area (Å²) in [5.41, 5.74) is 5.64. The van der Waals surface area contributed by atoms with Crippen molar-refractivity contribution in [3.05, 3.63) is 22.2 Å². The average molecular weight is 292 g/mol. The van der Waals surface area contributed by atoms with Crippen molar-refractivity contribution in [2.75, 3.05) is 12.3 Å². The van der Waals surface area contributed by atoms with Crippen LogP contribution in [0.3, 0.4) is 0 Å². The molecule has 21 heavy (non-hydrogen) atoms. The zero-order valence-corrected chi connectivity index (χ0v) is 13.4. The Hall–Kier alpha value is -2.29. The van der Waals surface area contributed by atoms with E-state index in [1.54, 1.807) is 7.05 Å². The highest BCUT2D eigenvalue weighted by atomic mass is 16.2. The van der Waals surface area contributed by atoms with Crippen LogP contribution in [0.2, 0.25) is 0 Å². The van der Waals surface area contributed by atoms with E-state index in [1.165, 1.54) is 10.8 Å². The molecule has 1 unspecified atom stereocenters. The molecule has 0 spiro atoms. The van der Waals surface area contributed by atoms with Crippen molar-refractivity contribution in [2.45, 2.75) is 34.1 Å². The number of nitrogens with zero attached hydrogens (tertiary/aromatic N) is 2. The first kappa shape index (κ1) is 18.7. The molecule has 1 aromatic heterocycles. The molecule has 1 atom stereocenters. The lowest BCUT2D eigenvalue weighted by Crippen LogP contribution is -2.29. The lowest BCUT2D eigenvalue weighted by atomic mass is 10.1. The maximum Gasteiger partial charge on any atom is 0.349 e. The number of carbonyl (C=O) groups is 1. The van der Waals surface area contributed by atoms with Gasteiger partial charge in [-0.3, -0.25) is 4.79 Å². The number of aromatic nitrogens is 2. The number of nitrogens with one attached hydrogen (secondary N) is 1. The Morgan fingerprint density at radius 1 is 1.52 bits per heavy atom. The van der Waals surface area contributed by atoms with E-state index >= 15 is 0 Å². The van der Waals surface area contributed by atoms with Crippen LogP contribution in [0.25, 0.3) is 0 Å². The first-order valence-corrected chi connectivity index (χ1v) is 7.05. The van der Waals surface area contributed by atoms with E-state index in [9.17, 15) is 9.59 Å². The van der Waals surface area contributed by atoms with Gasteiger partial charge < -0.3 is 15.6 Å². The number of nitrogen functional groups attached to an aromatic ring is 1. The van der Waals surface area contributed by atoms with Gasteiger partial charge in [-0.25, -0.2) is 4.79 Å². The Morgan fingerprint density at radius 2 is 2.14 bits per heavy atom. The summed E-state index contributed by atoms with van der Waals surface area (Å²) < 4.78 is 1.30. The minimum Gasteiger partial charge on any atom is -0.382 e. The van der Waals surface area contributed by atoms with Crippen LogP contribution in [0.1, 0.15) is 39.7 Å². The Labute approximate surface area is 125 Å². The second-order valence-electron chi connectivity index (χ2n) is 4.26. The number of hydrogen-bond acceptors (Lipinski definition) is 4. The molecule has 0 radical (unpaired) electrons.